The van der Waals surface area contributed by atoms with Gasteiger partial charge in [-0.15, -0.1) is 0 Å². The second-order valence-corrected chi connectivity index (χ2v) is 7.59. The molecule has 4 amide bonds. The predicted molar refractivity (Wildman–Crippen MR) is 113 cm³/mol. The molecule has 0 radical (unpaired) electrons. The molecule has 2 aliphatic heterocycles. The van der Waals surface area contributed by atoms with E-state index >= 15 is 0 Å². The Labute approximate surface area is 169 Å². The number of nitrogens with one attached hydrogen (secondary N) is 1. The van der Waals surface area contributed by atoms with E-state index in [9.17, 15) is 14.4 Å². The molecule has 0 atom stereocenters. The molecule has 0 saturated carbocycles. The number of nitrogens with zero attached hydrogens (tertiary/aromatic N) is 2. The van der Waals surface area contributed by atoms with Crippen molar-refractivity contribution in [1.82, 2.24) is 5.32 Å². The summed E-state index contributed by atoms with van der Waals surface area (Å²) in [6, 6.07) is 12.5. The fourth-order valence-electron chi connectivity index (χ4n) is 3.90. The molecular formula is C23H23N3O3. The highest BCUT2D eigenvalue weighted by atomic mass is 16.2. The van der Waals surface area contributed by atoms with Gasteiger partial charge in [-0.2, -0.15) is 0 Å². The van der Waals surface area contributed by atoms with Gasteiger partial charge in [0.2, 0.25) is 0 Å². The number of benzene rings is 2. The Hall–Kier alpha value is -3.41. The van der Waals surface area contributed by atoms with Crippen LogP contribution in [-0.2, 0) is 9.59 Å². The first-order valence-electron chi connectivity index (χ1n) is 9.77. The van der Waals surface area contributed by atoms with Crippen LogP contribution in [0.2, 0.25) is 0 Å². The van der Waals surface area contributed by atoms with Crippen LogP contribution in [0.4, 0.5) is 16.2 Å². The third kappa shape index (κ3) is 3.78. The van der Waals surface area contributed by atoms with Crippen LogP contribution in [0.3, 0.4) is 0 Å². The van der Waals surface area contributed by atoms with Gasteiger partial charge in [0.25, 0.3) is 11.8 Å². The number of anilines is 2. The number of carbonyl (C=O) groups is 3. The Balaban J connectivity index is 1.64. The average Bonchev–Trinajstić information content (AvgIpc) is 3.19. The Kier molecular flexibility index (Phi) is 4.92. The van der Waals surface area contributed by atoms with Crippen LogP contribution in [0.25, 0.3) is 6.08 Å². The summed E-state index contributed by atoms with van der Waals surface area (Å²) in [5, 5.41) is 2.27. The summed E-state index contributed by atoms with van der Waals surface area (Å²) in [6.45, 7) is 5.89. The van der Waals surface area contributed by atoms with E-state index in [4.69, 9.17) is 0 Å². The fourth-order valence-corrected chi connectivity index (χ4v) is 3.90. The molecule has 2 saturated heterocycles. The topological polar surface area (TPSA) is 69.7 Å². The van der Waals surface area contributed by atoms with Crippen molar-refractivity contribution in [3.63, 3.8) is 0 Å². The van der Waals surface area contributed by atoms with Crippen LogP contribution in [0.1, 0.15) is 29.5 Å². The lowest BCUT2D eigenvalue weighted by molar-refractivity contribution is -0.122. The van der Waals surface area contributed by atoms with Gasteiger partial charge in [-0.25, -0.2) is 9.69 Å². The molecule has 0 unspecified atom stereocenters. The van der Waals surface area contributed by atoms with Gasteiger partial charge >= 0.3 is 6.03 Å². The largest absolute Gasteiger partial charge is 0.372 e. The number of aryl methyl sites for hydroxylation is 2. The first-order valence-corrected chi connectivity index (χ1v) is 9.77. The summed E-state index contributed by atoms with van der Waals surface area (Å²) in [5.41, 5.74) is 4.13. The number of imide groups is 2. The maximum Gasteiger partial charge on any atom is 0.335 e. The molecule has 0 aliphatic carbocycles. The maximum absolute atomic E-state index is 13.0. The molecule has 0 spiro atoms. The lowest BCUT2D eigenvalue weighted by Crippen LogP contribution is -2.54. The highest BCUT2D eigenvalue weighted by Crippen LogP contribution is 2.25. The van der Waals surface area contributed by atoms with Gasteiger partial charge in [0.05, 0.1) is 5.69 Å². The first-order chi connectivity index (χ1) is 13.9. The molecule has 0 aromatic heterocycles. The second-order valence-electron chi connectivity index (χ2n) is 7.59. The quantitative estimate of drug-likeness (QED) is 0.644. The summed E-state index contributed by atoms with van der Waals surface area (Å²) in [4.78, 5) is 41.1. The minimum Gasteiger partial charge on any atom is -0.372 e. The van der Waals surface area contributed by atoms with E-state index in [1.54, 1.807) is 12.1 Å². The van der Waals surface area contributed by atoms with Crippen molar-refractivity contribution in [1.29, 1.82) is 0 Å². The number of amides is 4. The lowest BCUT2D eigenvalue weighted by atomic mass is 10.1. The smallest absolute Gasteiger partial charge is 0.335 e. The van der Waals surface area contributed by atoms with Crippen molar-refractivity contribution in [2.45, 2.75) is 26.7 Å². The minimum atomic E-state index is -0.730. The van der Waals surface area contributed by atoms with Crippen LogP contribution < -0.4 is 15.1 Å². The normalized spacial score (nSPS) is 18.6. The van der Waals surface area contributed by atoms with Gasteiger partial charge in [-0.1, -0.05) is 18.2 Å². The monoisotopic (exact) mass is 389 g/mol. The molecule has 2 aromatic rings. The van der Waals surface area contributed by atoms with Gasteiger partial charge in [0.15, 0.2) is 0 Å². The molecule has 1 N–H and O–H groups in total. The summed E-state index contributed by atoms with van der Waals surface area (Å²) in [6.07, 6.45) is 3.93. The molecule has 2 fully saturated rings. The molecule has 148 valence electrons. The number of hydrogen-bond donors (Lipinski definition) is 1. The Morgan fingerprint density at radius 1 is 0.862 bits per heavy atom. The number of urea groups is 1. The van der Waals surface area contributed by atoms with Gasteiger partial charge in [0.1, 0.15) is 5.57 Å². The van der Waals surface area contributed by atoms with E-state index in [0.29, 0.717) is 5.69 Å². The van der Waals surface area contributed by atoms with Gasteiger partial charge in [0, 0.05) is 18.8 Å². The van der Waals surface area contributed by atoms with E-state index in [2.05, 4.69) is 10.2 Å². The molecule has 2 aliphatic rings. The average molecular weight is 389 g/mol. The van der Waals surface area contributed by atoms with Crippen LogP contribution in [0.5, 0.6) is 0 Å². The van der Waals surface area contributed by atoms with Crippen molar-refractivity contribution in [2.75, 3.05) is 22.9 Å². The molecule has 4 rings (SSSR count). The van der Waals surface area contributed by atoms with Crippen molar-refractivity contribution in [2.24, 2.45) is 0 Å². The summed E-state index contributed by atoms with van der Waals surface area (Å²) >= 11 is 0. The predicted octanol–water partition coefficient (Wildman–Crippen LogP) is 3.57. The fraction of sp³-hybridized carbons (Fsp3) is 0.261. The summed E-state index contributed by atoms with van der Waals surface area (Å²) in [5.74, 6) is -1.29. The molecule has 6 nitrogen and oxygen atoms in total. The van der Waals surface area contributed by atoms with Crippen LogP contribution in [0, 0.1) is 13.8 Å². The van der Waals surface area contributed by atoms with Crippen LogP contribution in [0.15, 0.2) is 48.0 Å². The standard InChI is InChI=1S/C23H23N3O3/c1-15-11-16(2)13-19(12-15)26-22(28)20(21(27)24-23(26)29)14-17-5-7-18(8-6-17)25-9-3-4-10-25/h5-8,11-14H,3-4,9-10H2,1-2H3,(H,24,27,29). The van der Waals surface area contributed by atoms with Gasteiger partial charge in [-0.3, -0.25) is 14.9 Å². The number of hydrogen-bond acceptors (Lipinski definition) is 4. The zero-order valence-electron chi connectivity index (χ0n) is 16.6. The lowest BCUT2D eigenvalue weighted by Gasteiger charge is -2.27. The van der Waals surface area contributed by atoms with Crippen molar-refractivity contribution < 1.29 is 14.4 Å². The highest BCUT2D eigenvalue weighted by Gasteiger charge is 2.36. The van der Waals surface area contributed by atoms with Crippen LogP contribution >= 0.6 is 0 Å². The minimum absolute atomic E-state index is 0.0577. The van der Waals surface area contributed by atoms with Crippen molar-refractivity contribution in [3.8, 4) is 0 Å². The molecule has 2 aromatic carbocycles. The van der Waals surface area contributed by atoms with E-state index in [0.717, 1.165) is 40.4 Å². The summed E-state index contributed by atoms with van der Waals surface area (Å²) in [7, 11) is 0. The number of rotatable bonds is 3. The first kappa shape index (κ1) is 18.9. The van der Waals surface area contributed by atoms with Gasteiger partial charge in [-0.05, 0) is 73.7 Å². The van der Waals surface area contributed by atoms with E-state index in [1.807, 2.05) is 44.2 Å². The Morgan fingerprint density at radius 2 is 1.48 bits per heavy atom. The second kappa shape index (κ2) is 7.54. The molecular weight excluding hydrogens is 366 g/mol. The third-order valence-electron chi connectivity index (χ3n) is 5.24. The number of carbonyl (C=O) groups excluding carboxylic acids is 3. The maximum atomic E-state index is 13.0. The summed E-state index contributed by atoms with van der Waals surface area (Å²) < 4.78 is 0. The molecule has 0 bridgehead atoms. The molecule has 6 heteroatoms. The van der Waals surface area contributed by atoms with Crippen molar-refractivity contribution >= 4 is 35.3 Å². The third-order valence-corrected chi connectivity index (χ3v) is 5.24. The SMILES string of the molecule is Cc1cc(C)cc(N2C(=O)NC(=O)C(=Cc3ccc(N4CCCC4)cc3)C2=O)c1. The van der Waals surface area contributed by atoms with Gasteiger partial charge < -0.3 is 4.90 Å². The Morgan fingerprint density at radius 3 is 2.10 bits per heavy atom. The molecule has 29 heavy (non-hydrogen) atoms. The van der Waals surface area contributed by atoms with Crippen LogP contribution in [-0.4, -0.2) is 30.9 Å². The van der Waals surface area contributed by atoms with Crippen molar-refractivity contribution in [3.05, 3.63) is 64.7 Å². The zero-order chi connectivity index (χ0) is 20.5. The van der Waals surface area contributed by atoms with E-state index in [1.165, 1.54) is 18.9 Å². The molecule has 2 heterocycles. The zero-order valence-corrected chi connectivity index (χ0v) is 16.6. The Bertz CT molecular complexity index is 998. The van der Waals surface area contributed by atoms with E-state index < -0.39 is 17.8 Å². The highest BCUT2D eigenvalue weighted by molar-refractivity contribution is 6.39. The van der Waals surface area contributed by atoms with E-state index in [-0.39, 0.29) is 5.57 Å². The number of barbiturate groups is 1.